The number of nitrogens with zero attached hydrogens (tertiary/aromatic N) is 3. The molecule has 0 saturated carbocycles. The summed E-state index contributed by atoms with van der Waals surface area (Å²) in [6.45, 7) is 4.83. The first-order valence-electron chi connectivity index (χ1n) is 9.42. The van der Waals surface area contributed by atoms with Crippen LogP contribution in [0.25, 0.3) is 16.9 Å². The van der Waals surface area contributed by atoms with Crippen molar-refractivity contribution in [3.63, 3.8) is 0 Å². The quantitative estimate of drug-likeness (QED) is 0.443. The molecular weight excluding hydrogens is 412 g/mol. The van der Waals surface area contributed by atoms with Gasteiger partial charge in [-0.2, -0.15) is 0 Å². The third-order valence-electron chi connectivity index (χ3n) is 4.93. The van der Waals surface area contributed by atoms with E-state index in [0.717, 1.165) is 52.4 Å². The first-order valence-corrected chi connectivity index (χ1v) is 10.2. The Kier molecular flexibility index (Phi) is 5.46. The number of imidazole rings is 1. The maximum atomic E-state index is 6.08. The van der Waals surface area contributed by atoms with Gasteiger partial charge in [-0.25, -0.2) is 4.98 Å². The number of benzene rings is 2. The molecule has 0 atom stereocenters. The topological polar surface area (TPSA) is 46.6 Å². The van der Waals surface area contributed by atoms with Crippen LogP contribution in [0.3, 0.4) is 0 Å². The highest BCUT2D eigenvalue weighted by Crippen LogP contribution is 2.28. The average Bonchev–Trinajstić information content (AvgIpc) is 3.06. The van der Waals surface area contributed by atoms with Crippen molar-refractivity contribution >= 4 is 27.3 Å². The first kappa shape index (κ1) is 18.7. The van der Waals surface area contributed by atoms with E-state index < -0.39 is 0 Å². The number of nitrogen functional groups attached to an aromatic ring is 1. The van der Waals surface area contributed by atoms with Crippen molar-refractivity contribution in [3.8, 4) is 11.3 Å². The third-order valence-corrected chi connectivity index (χ3v) is 5.46. The fourth-order valence-corrected chi connectivity index (χ4v) is 3.70. The molecule has 0 aliphatic heterocycles. The second-order valence-corrected chi connectivity index (χ2v) is 7.81. The zero-order chi connectivity index (χ0) is 19.5. The van der Waals surface area contributed by atoms with E-state index in [-0.39, 0.29) is 0 Å². The van der Waals surface area contributed by atoms with Crippen molar-refractivity contribution in [1.82, 2.24) is 14.3 Å². The zero-order valence-corrected chi connectivity index (χ0v) is 17.4. The van der Waals surface area contributed by atoms with Crippen LogP contribution < -0.4 is 5.73 Å². The lowest BCUT2D eigenvalue weighted by Crippen LogP contribution is -2.23. The third kappa shape index (κ3) is 3.96. The van der Waals surface area contributed by atoms with Crippen LogP contribution in [0.5, 0.6) is 0 Å². The molecule has 0 radical (unpaired) electrons. The lowest BCUT2D eigenvalue weighted by molar-refractivity contribution is 0.268. The van der Waals surface area contributed by atoms with Gasteiger partial charge < -0.3 is 10.1 Å². The zero-order valence-electron chi connectivity index (χ0n) is 15.8. The standard InChI is InChI=1S/C23H23BrN4/c1-2-27(14-17-6-4-3-5-7-17)16-21-23(18-8-10-19(24)11-9-18)26-22-13-12-20(25)15-28(21)22/h3-13,15H,2,14,16,25H2,1H3. The van der Waals surface area contributed by atoms with Gasteiger partial charge in [0.1, 0.15) is 5.65 Å². The van der Waals surface area contributed by atoms with Crippen molar-refractivity contribution in [2.24, 2.45) is 0 Å². The van der Waals surface area contributed by atoms with E-state index in [1.807, 2.05) is 18.3 Å². The number of hydrogen-bond donors (Lipinski definition) is 1. The molecule has 2 N–H and O–H groups in total. The highest BCUT2D eigenvalue weighted by molar-refractivity contribution is 9.10. The minimum Gasteiger partial charge on any atom is -0.398 e. The van der Waals surface area contributed by atoms with Crippen molar-refractivity contribution < 1.29 is 0 Å². The van der Waals surface area contributed by atoms with Gasteiger partial charge in [0.25, 0.3) is 0 Å². The van der Waals surface area contributed by atoms with E-state index in [2.05, 4.69) is 86.8 Å². The predicted molar refractivity (Wildman–Crippen MR) is 119 cm³/mol. The summed E-state index contributed by atoms with van der Waals surface area (Å²) in [4.78, 5) is 7.33. The maximum absolute atomic E-state index is 6.08. The Bertz CT molecular complexity index is 1070. The van der Waals surface area contributed by atoms with Gasteiger partial charge >= 0.3 is 0 Å². The van der Waals surface area contributed by atoms with Crippen LogP contribution in [-0.2, 0) is 13.1 Å². The summed E-state index contributed by atoms with van der Waals surface area (Å²) < 4.78 is 3.19. The Balaban J connectivity index is 1.76. The van der Waals surface area contributed by atoms with Crippen molar-refractivity contribution in [2.45, 2.75) is 20.0 Å². The number of halogens is 1. The fourth-order valence-electron chi connectivity index (χ4n) is 3.43. The van der Waals surface area contributed by atoms with Gasteiger partial charge in [0, 0.05) is 35.0 Å². The number of anilines is 1. The normalized spacial score (nSPS) is 11.4. The van der Waals surface area contributed by atoms with Gasteiger partial charge in [-0.3, -0.25) is 4.90 Å². The van der Waals surface area contributed by atoms with Crippen LogP contribution in [0, 0.1) is 0 Å². The van der Waals surface area contributed by atoms with E-state index in [9.17, 15) is 0 Å². The van der Waals surface area contributed by atoms with Crippen LogP contribution in [0.2, 0.25) is 0 Å². The Morgan fingerprint density at radius 1 is 0.964 bits per heavy atom. The molecule has 0 saturated heterocycles. The van der Waals surface area contributed by atoms with Gasteiger partial charge in [0.2, 0.25) is 0 Å². The van der Waals surface area contributed by atoms with Crippen LogP contribution in [0.4, 0.5) is 5.69 Å². The molecule has 0 aliphatic rings. The van der Waals surface area contributed by atoms with E-state index in [1.165, 1.54) is 5.56 Å². The van der Waals surface area contributed by atoms with Crippen LogP contribution in [0.15, 0.2) is 77.4 Å². The summed E-state index contributed by atoms with van der Waals surface area (Å²) in [5.74, 6) is 0. The first-order chi connectivity index (χ1) is 13.6. The molecule has 5 heteroatoms. The number of fused-ring (bicyclic) bond motifs is 1. The molecule has 0 fully saturated rings. The number of nitrogens with two attached hydrogens (primary N) is 1. The monoisotopic (exact) mass is 434 g/mol. The van der Waals surface area contributed by atoms with Gasteiger partial charge in [0.05, 0.1) is 11.4 Å². The summed E-state index contributed by atoms with van der Waals surface area (Å²) in [7, 11) is 0. The molecule has 0 unspecified atom stereocenters. The molecule has 2 aromatic heterocycles. The lowest BCUT2D eigenvalue weighted by atomic mass is 10.1. The minimum absolute atomic E-state index is 0.736. The molecule has 4 nitrogen and oxygen atoms in total. The van der Waals surface area contributed by atoms with Gasteiger partial charge in [-0.15, -0.1) is 0 Å². The molecule has 142 valence electrons. The molecular formula is C23H23BrN4. The number of hydrogen-bond acceptors (Lipinski definition) is 3. The van der Waals surface area contributed by atoms with Crippen molar-refractivity contribution in [2.75, 3.05) is 12.3 Å². The minimum atomic E-state index is 0.736. The molecule has 0 amide bonds. The van der Waals surface area contributed by atoms with E-state index in [4.69, 9.17) is 10.7 Å². The van der Waals surface area contributed by atoms with Crippen molar-refractivity contribution in [3.05, 3.63) is 88.7 Å². The van der Waals surface area contributed by atoms with Crippen LogP contribution in [-0.4, -0.2) is 20.8 Å². The number of aromatic nitrogens is 2. The van der Waals surface area contributed by atoms with Gasteiger partial charge in [-0.1, -0.05) is 65.3 Å². The Hall–Kier alpha value is -2.63. The summed E-state index contributed by atoms with van der Waals surface area (Å²) in [6, 6.07) is 22.8. The maximum Gasteiger partial charge on any atom is 0.137 e. The van der Waals surface area contributed by atoms with E-state index in [0.29, 0.717) is 0 Å². The smallest absolute Gasteiger partial charge is 0.137 e. The second kappa shape index (κ2) is 8.17. The molecule has 2 aromatic carbocycles. The van der Waals surface area contributed by atoms with Crippen LogP contribution >= 0.6 is 15.9 Å². The Morgan fingerprint density at radius 3 is 2.43 bits per heavy atom. The van der Waals surface area contributed by atoms with Gasteiger partial charge in [0.15, 0.2) is 0 Å². The summed E-state index contributed by atoms with van der Waals surface area (Å²) >= 11 is 3.52. The number of pyridine rings is 1. The predicted octanol–water partition coefficient (Wildman–Crippen LogP) is 5.37. The highest BCUT2D eigenvalue weighted by Gasteiger charge is 2.17. The lowest BCUT2D eigenvalue weighted by Gasteiger charge is -2.21. The fraction of sp³-hybridized carbons (Fsp3) is 0.174. The largest absolute Gasteiger partial charge is 0.398 e. The molecule has 0 aliphatic carbocycles. The molecule has 2 heterocycles. The van der Waals surface area contributed by atoms with E-state index >= 15 is 0 Å². The highest BCUT2D eigenvalue weighted by atomic mass is 79.9. The summed E-state index contributed by atoms with van der Waals surface area (Å²) in [6.07, 6.45) is 1.97. The Morgan fingerprint density at radius 2 is 1.71 bits per heavy atom. The number of rotatable bonds is 6. The summed E-state index contributed by atoms with van der Waals surface area (Å²) in [5.41, 5.74) is 12.3. The molecule has 4 rings (SSSR count). The van der Waals surface area contributed by atoms with E-state index in [1.54, 1.807) is 0 Å². The Labute approximate surface area is 173 Å². The second-order valence-electron chi connectivity index (χ2n) is 6.89. The molecule has 0 bridgehead atoms. The average molecular weight is 435 g/mol. The van der Waals surface area contributed by atoms with Crippen molar-refractivity contribution in [1.29, 1.82) is 0 Å². The molecule has 4 aromatic rings. The summed E-state index contributed by atoms with van der Waals surface area (Å²) in [5, 5.41) is 0. The van der Waals surface area contributed by atoms with Crippen LogP contribution in [0.1, 0.15) is 18.2 Å². The SMILES string of the molecule is CCN(Cc1ccccc1)Cc1c(-c2ccc(Br)cc2)nc2ccc(N)cn12. The van der Waals surface area contributed by atoms with Gasteiger partial charge in [-0.05, 0) is 36.4 Å². The molecule has 0 spiro atoms. The molecule has 28 heavy (non-hydrogen) atoms.